The molecule has 1 aromatic heterocycles. The number of aromatic nitrogens is 1. The second-order valence-corrected chi connectivity index (χ2v) is 7.65. The number of aryl methyl sites for hydroxylation is 1. The van der Waals surface area contributed by atoms with E-state index in [1.54, 1.807) is 12.3 Å². The van der Waals surface area contributed by atoms with Gasteiger partial charge in [-0.05, 0) is 54.6 Å². The van der Waals surface area contributed by atoms with Gasteiger partial charge in [-0.1, -0.05) is 20.8 Å². The Hall–Kier alpha value is -1.58. The van der Waals surface area contributed by atoms with Crippen LogP contribution >= 0.6 is 0 Å². The molecule has 0 amide bonds. The van der Waals surface area contributed by atoms with Gasteiger partial charge < -0.3 is 10.4 Å². The predicted octanol–water partition coefficient (Wildman–Crippen LogP) is 3.71. The minimum atomic E-state index is -0.908. The number of hydrogen-bond acceptors (Lipinski definition) is 3. The summed E-state index contributed by atoms with van der Waals surface area (Å²) < 4.78 is 0. The summed E-state index contributed by atoms with van der Waals surface area (Å²) in [6.07, 6.45) is 5.42. The number of carbonyl (C=O) groups is 1. The number of pyridine rings is 1. The molecule has 0 saturated heterocycles. The first-order valence-corrected chi connectivity index (χ1v) is 7.71. The van der Waals surface area contributed by atoms with Crippen molar-refractivity contribution in [2.24, 2.45) is 16.7 Å². The summed E-state index contributed by atoms with van der Waals surface area (Å²) >= 11 is 0. The summed E-state index contributed by atoms with van der Waals surface area (Å²) in [5, 5.41) is 13.0. The Balaban J connectivity index is 1.98. The van der Waals surface area contributed by atoms with Gasteiger partial charge in [-0.2, -0.15) is 0 Å². The van der Waals surface area contributed by atoms with Gasteiger partial charge in [0.05, 0.1) is 0 Å². The van der Waals surface area contributed by atoms with E-state index in [2.05, 4.69) is 31.1 Å². The van der Waals surface area contributed by atoms with Gasteiger partial charge in [-0.3, -0.25) is 0 Å². The third-order valence-corrected chi connectivity index (χ3v) is 5.92. The highest BCUT2D eigenvalue weighted by Gasteiger charge is 2.59. The van der Waals surface area contributed by atoms with Crippen molar-refractivity contribution in [3.05, 3.63) is 23.4 Å². The Morgan fingerprint density at radius 2 is 2.14 bits per heavy atom. The number of nitrogens with zero attached hydrogens (tertiary/aromatic N) is 1. The summed E-state index contributed by atoms with van der Waals surface area (Å²) in [5.74, 6) is 0.335. The lowest BCUT2D eigenvalue weighted by molar-refractivity contribution is 0.0696. The Morgan fingerprint density at radius 3 is 2.71 bits per heavy atom. The molecule has 4 nitrogen and oxygen atoms in total. The first-order valence-electron chi connectivity index (χ1n) is 7.71. The fourth-order valence-electron chi connectivity index (χ4n) is 4.74. The fourth-order valence-corrected chi connectivity index (χ4v) is 4.74. The molecular weight excluding hydrogens is 264 g/mol. The van der Waals surface area contributed by atoms with Crippen LogP contribution in [0.4, 0.5) is 5.82 Å². The van der Waals surface area contributed by atoms with E-state index in [1.165, 1.54) is 19.3 Å². The van der Waals surface area contributed by atoms with E-state index in [-0.39, 0.29) is 16.9 Å². The lowest BCUT2D eigenvalue weighted by Crippen LogP contribution is -2.46. The van der Waals surface area contributed by atoms with E-state index in [0.717, 1.165) is 11.5 Å². The van der Waals surface area contributed by atoms with Crippen LogP contribution < -0.4 is 5.32 Å². The highest BCUT2D eigenvalue weighted by Crippen LogP contribution is 2.63. The molecule has 2 fully saturated rings. The molecule has 4 heteroatoms. The molecular formula is C17H24N2O2. The molecule has 0 radical (unpaired) electrons. The normalized spacial score (nSPS) is 33.1. The summed E-state index contributed by atoms with van der Waals surface area (Å²) in [5.41, 5.74) is 1.48. The average Bonchev–Trinajstić information content (AvgIpc) is 2.85. The van der Waals surface area contributed by atoms with Crippen molar-refractivity contribution in [1.29, 1.82) is 0 Å². The molecule has 2 aliphatic rings. The van der Waals surface area contributed by atoms with Crippen LogP contribution in [0.1, 0.15) is 56.0 Å². The lowest BCUT2D eigenvalue weighted by atomic mass is 9.68. The zero-order valence-electron chi connectivity index (χ0n) is 13.2. The van der Waals surface area contributed by atoms with Gasteiger partial charge in [0.15, 0.2) is 0 Å². The molecule has 3 atom stereocenters. The molecule has 1 aromatic rings. The molecule has 2 saturated carbocycles. The van der Waals surface area contributed by atoms with Crippen molar-refractivity contribution in [1.82, 2.24) is 4.98 Å². The van der Waals surface area contributed by atoms with Crippen LogP contribution in [0.2, 0.25) is 0 Å². The largest absolute Gasteiger partial charge is 0.478 e. The first kappa shape index (κ1) is 14.4. The van der Waals surface area contributed by atoms with Crippen LogP contribution in [-0.2, 0) is 0 Å². The smallest absolute Gasteiger partial charge is 0.339 e. The van der Waals surface area contributed by atoms with Crippen molar-refractivity contribution in [3.63, 3.8) is 0 Å². The molecule has 0 aliphatic heterocycles. The quantitative estimate of drug-likeness (QED) is 0.890. The molecule has 3 unspecified atom stereocenters. The van der Waals surface area contributed by atoms with Gasteiger partial charge in [0.2, 0.25) is 0 Å². The van der Waals surface area contributed by atoms with Gasteiger partial charge in [-0.25, -0.2) is 9.78 Å². The van der Waals surface area contributed by atoms with Crippen LogP contribution in [0.15, 0.2) is 12.3 Å². The van der Waals surface area contributed by atoms with Crippen molar-refractivity contribution < 1.29 is 9.90 Å². The minimum absolute atomic E-state index is 0.175. The zero-order valence-corrected chi connectivity index (χ0v) is 13.2. The third-order valence-electron chi connectivity index (χ3n) is 5.92. The Labute approximate surface area is 126 Å². The maximum Gasteiger partial charge on any atom is 0.339 e. The average molecular weight is 288 g/mol. The zero-order chi connectivity index (χ0) is 15.4. The highest BCUT2D eigenvalue weighted by molar-refractivity contribution is 5.94. The number of nitrogens with one attached hydrogen (secondary N) is 1. The summed E-state index contributed by atoms with van der Waals surface area (Å²) in [6, 6.07) is 2.03. The summed E-state index contributed by atoms with van der Waals surface area (Å²) in [6.45, 7) is 8.76. The van der Waals surface area contributed by atoms with Crippen molar-refractivity contribution >= 4 is 11.8 Å². The molecule has 21 heavy (non-hydrogen) atoms. The van der Waals surface area contributed by atoms with E-state index in [1.807, 2.05) is 6.92 Å². The second-order valence-electron chi connectivity index (χ2n) is 7.65. The minimum Gasteiger partial charge on any atom is -0.478 e. The van der Waals surface area contributed by atoms with E-state index < -0.39 is 5.97 Å². The van der Waals surface area contributed by atoms with Gasteiger partial charge in [0.1, 0.15) is 11.4 Å². The molecule has 2 aliphatic carbocycles. The summed E-state index contributed by atoms with van der Waals surface area (Å²) in [7, 11) is 0. The number of aromatic carboxylic acids is 1. The number of anilines is 1. The number of fused-ring (bicyclic) bond motifs is 2. The fraction of sp³-hybridized carbons (Fsp3) is 0.647. The number of rotatable bonds is 3. The number of carboxylic acid groups (broad SMARTS) is 1. The first-order chi connectivity index (χ1) is 9.75. The maximum atomic E-state index is 11.5. The topological polar surface area (TPSA) is 62.2 Å². The molecule has 114 valence electrons. The molecule has 2 bridgehead atoms. The predicted molar refractivity (Wildman–Crippen MR) is 82.6 cm³/mol. The molecule has 0 spiro atoms. The van der Waals surface area contributed by atoms with Crippen LogP contribution in [0.25, 0.3) is 0 Å². The van der Waals surface area contributed by atoms with Gasteiger partial charge in [0.25, 0.3) is 0 Å². The van der Waals surface area contributed by atoms with E-state index in [0.29, 0.717) is 11.4 Å². The van der Waals surface area contributed by atoms with Gasteiger partial charge in [-0.15, -0.1) is 0 Å². The Kier molecular flexibility index (Phi) is 3.05. The highest BCUT2D eigenvalue weighted by atomic mass is 16.4. The summed E-state index contributed by atoms with van der Waals surface area (Å²) in [4.78, 5) is 15.8. The van der Waals surface area contributed by atoms with Crippen LogP contribution in [0, 0.1) is 23.7 Å². The standard InChI is InChI=1S/C17H24N2O2/c1-10-6-8-18-13(12(10)14(20)21)19-15-16(2,3)11-5-7-17(15,4)9-11/h6,8,11,15H,5,7,9H2,1-4H3,(H,18,19)(H,20,21). The number of hydrogen-bond donors (Lipinski definition) is 2. The van der Waals surface area contributed by atoms with Gasteiger partial charge >= 0.3 is 5.97 Å². The second kappa shape index (κ2) is 4.46. The maximum absolute atomic E-state index is 11.5. The molecule has 0 aromatic carbocycles. The van der Waals surface area contributed by atoms with Gasteiger partial charge in [0, 0.05) is 12.2 Å². The van der Waals surface area contributed by atoms with E-state index >= 15 is 0 Å². The molecule has 3 rings (SSSR count). The Morgan fingerprint density at radius 1 is 1.43 bits per heavy atom. The van der Waals surface area contributed by atoms with Crippen LogP contribution in [0.5, 0.6) is 0 Å². The van der Waals surface area contributed by atoms with E-state index in [4.69, 9.17) is 0 Å². The Bertz CT molecular complexity index is 592. The van der Waals surface area contributed by atoms with Crippen molar-refractivity contribution in [3.8, 4) is 0 Å². The van der Waals surface area contributed by atoms with Crippen molar-refractivity contribution in [2.45, 2.75) is 53.0 Å². The van der Waals surface area contributed by atoms with Crippen LogP contribution in [0.3, 0.4) is 0 Å². The SMILES string of the molecule is Cc1ccnc(NC2C3(C)CCC(C3)C2(C)C)c1C(=O)O. The van der Waals surface area contributed by atoms with Crippen LogP contribution in [-0.4, -0.2) is 22.1 Å². The third kappa shape index (κ3) is 2.03. The monoisotopic (exact) mass is 288 g/mol. The lowest BCUT2D eigenvalue weighted by Gasteiger charge is -2.43. The van der Waals surface area contributed by atoms with E-state index in [9.17, 15) is 9.90 Å². The van der Waals surface area contributed by atoms with Crippen molar-refractivity contribution in [2.75, 3.05) is 5.32 Å². The molecule has 1 heterocycles. The molecule has 2 N–H and O–H groups in total. The number of carboxylic acids is 1.